The molecule has 5 heteroatoms. The summed E-state index contributed by atoms with van der Waals surface area (Å²) in [6.45, 7) is 6.64. The van der Waals surface area contributed by atoms with E-state index in [1.807, 2.05) is 0 Å². The topological polar surface area (TPSA) is 58.3 Å². The summed E-state index contributed by atoms with van der Waals surface area (Å²) < 4.78 is 0. The van der Waals surface area contributed by atoms with Crippen LogP contribution >= 0.6 is 0 Å². The molecule has 0 radical (unpaired) electrons. The first-order valence-corrected chi connectivity index (χ1v) is 8.32. The number of rotatable bonds is 2. The maximum Gasteiger partial charge on any atom is 0.157 e. The molecule has 0 aliphatic carbocycles. The Hall–Kier alpha value is -1.52. The van der Waals surface area contributed by atoms with Crippen LogP contribution in [0.1, 0.15) is 52.4 Å². The SMILES string of the molecule is CC1CCCCN1c1ncnc(N2CCCCC2C)c1N. The van der Waals surface area contributed by atoms with Gasteiger partial charge in [0, 0.05) is 25.2 Å². The third kappa shape index (κ3) is 2.78. The van der Waals surface area contributed by atoms with Crippen LogP contribution in [-0.4, -0.2) is 35.1 Å². The number of nitrogens with zero attached hydrogens (tertiary/aromatic N) is 4. The molecule has 2 N–H and O–H groups in total. The summed E-state index contributed by atoms with van der Waals surface area (Å²) in [6.07, 6.45) is 9.19. The van der Waals surface area contributed by atoms with Crippen LogP contribution in [0, 0.1) is 0 Å². The van der Waals surface area contributed by atoms with Gasteiger partial charge in [-0.25, -0.2) is 9.97 Å². The fourth-order valence-electron chi connectivity index (χ4n) is 3.66. The van der Waals surface area contributed by atoms with E-state index in [0.29, 0.717) is 12.1 Å². The molecule has 2 aliphatic rings. The van der Waals surface area contributed by atoms with Crippen LogP contribution in [0.5, 0.6) is 0 Å². The van der Waals surface area contributed by atoms with Crippen molar-refractivity contribution in [2.75, 3.05) is 28.6 Å². The van der Waals surface area contributed by atoms with Crippen molar-refractivity contribution in [2.24, 2.45) is 0 Å². The minimum absolute atomic E-state index is 0.516. The van der Waals surface area contributed by atoms with E-state index in [4.69, 9.17) is 5.73 Å². The van der Waals surface area contributed by atoms with Gasteiger partial charge in [-0.05, 0) is 52.4 Å². The summed E-state index contributed by atoms with van der Waals surface area (Å²) >= 11 is 0. The zero-order valence-corrected chi connectivity index (χ0v) is 13.3. The zero-order valence-electron chi connectivity index (χ0n) is 13.3. The lowest BCUT2D eigenvalue weighted by Crippen LogP contribution is -2.41. The van der Waals surface area contributed by atoms with Gasteiger partial charge in [0.05, 0.1) is 0 Å². The van der Waals surface area contributed by atoms with Gasteiger partial charge in [0.2, 0.25) is 0 Å². The van der Waals surface area contributed by atoms with Crippen molar-refractivity contribution >= 4 is 17.3 Å². The molecule has 2 saturated heterocycles. The highest BCUT2D eigenvalue weighted by molar-refractivity contribution is 5.76. The standard InChI is InChI=1S/C16H27N5/c1-12-7-3-5-9-20(12)15-14(17)16(19-11-18-15)21-10-6-4-8-13(21)2/h11-13H,3-10,17H2,1-2H3. The molecule has 5 nitrogen and oxygen atoms in total. The summed E-state index contributed by atoms with van der Waals surface area (Å²) in [6, 6.07) is 1.03. The summed E-state index contributed by atoms with van der Waals surface area (Å²) in [5, 5.41) is 0. The third-order valence-electron chi connectivity index (χ3n) is 4.99. The number of anilines is 3. The number of aromatic nitrogens is 2. The second kappa shape index (κ2) is 6.08. The van der Waals surface area contributed by atoms with E-state index in [-0.39, 0.29) is 0 Å². The molecule has 2 atom stereocenters. The molecule has 3 rings (SSSR count). The maximum atomic E-state index is 6.46. The van der Waals surface area contributed by atoms with E-state index in [2.05, 4.69) is 33.6 Å². The second-order valence-corrected chi connectivity index (χ2v) is 6.51. The Morgan fingerprint density at radius 2 is 1.38 bits per heavy atom. The largest absolute Gasteiger partial charge is 0.393 e. The lowest BCUT2D eigenvalue weighted by molar-refractivity contribution is 0.476. The monoisotopic (exact) mass is 289 g/mol. The van der Waals surface area contributed by atoms with Gasteiger partial charge in [0.15, 0.2) is 11.6 Å². The molecule has 21 heavy (non-hydrogen) atoms. The van der Waals surface area contributed by atoms with Crippen LogP contribution in [0.15, 0.2) is 6.33 Å². The van der Waals surface area contributed by atoms with Crippen molar-refractivity contribution < 1.29 is 0 Å². The minimum Gasteiger partial charge on any atom is -0.393 e. The van der Waals surface area contributed by atoms with E-state index >= 15 is 0 Å². The average molecular weight is 289 g/mol. The van der Waals surface area contributed by atoms with Crippen LogP contribution in [0.3, 0.4) is 0 Å². The molecule has 3 heterocycles. The summed E-state index contributed by atoms with van der Waals surface area (Å²) in [7, 11) is 0. The van der Waals surface area contributed by atoms with E-state index in [1.54, 1.807) is 6.33 Å². The van der Waals surface area contributed by atoms with Crippen LogP contribution < -0.4 is 15.5 Å². The normalized spacial score (nSPS) is 27.0. The van der Waals surface area contributed by atoms with E-state index in [0.717, 1.165) is 30.4 Å². The van der Waals surface area contributed by atoms with Gasteiger partial charge in [-0.2, -0.15) is 0 Å². The third-order valence-corrected chi connectivity index (χ3v) is 4.99. The van der Waals surface area contributed by atoms with Crippen molar-refractivity contribution in [2.45, 2.75) is 64.5 Å². The Balaban J connectivity index is 1.91. The molecule has 0 amide bonds. The highest BCUT2D eigenvalue weighted by Crippen LogP contribution is 2.35. The highest BCUT2D eigenvalue weighted by Gasteiger charge is 2.27. The minimum atomic E-state index is 0.516. The van der Waals surface area contributed by atoms with Crippen LogP contribution in [0.25, 0.3) is 0 Å². The molecule has 1 aromatic rings. The Morgan fingerprint density at radius 3 is 1.81 bits per heavy atom. The molecule has 0 saturated carbocycles. The predicted octanol–water partition coefficient (Wildman–Crippen LogP) is 2.82. The molecule has 2 aliphatic heterocycles. The predicted molar refractivity (Wildman–Crippen MR) is 87.8 cm³/mol. The number of nitrogens with two attached hydrogens (primary N) is 1. The number of nitrogen functional groups attached to an aromatic ring is 1. The van der Waals surface area contributed by atoms with Crippen LogP contribution in [0.4, 0.5) is 17.3 Å². The Morgan fingerprint density at radius 1 is 0.905 bits per heavy atom. The second-order valence-electron chi connectivity index (χ2n) is 6.51. The fraction of sp³-hybridized carbons (Fsp3) is 0.750. The zero-order chi connectivity index (χ0) is 14.8. The van der Waals surface area contributed by atoms with Gasteiger partial charge in [0.1, 0.15) is 12.0 Å². The first kappa shape index (κ1) is 14.4. The average Bonchev–Trinajstić information content (AvgIpc) is 2.49. The van der Waals surface area contributed by atoms with Gasteiger partial charge in [-0.3, -0.25) is 0 Å². The number of hydrogen-bond acceptors (Lipinski definition) is 5. The molecule has 0 spiro atoms. The van der Waals surface area contributed by atoms with Gasteiger partial charge < -0.3 is 15.5 Å². The summed E-state index contributed by atoms with van der Waals surface area (Å²) in [5.74, 6) is 1.87. The fourth-order valence-corrected chi connectivity index (χ4v) is 3.66. The van der Waals surface area contributed by atoms with Gasteiger partial charge in [-0.1, -0.05) is 0 Å². The van der Waals surface area contributed by atoms with Gasteiger partial charge >= 0.3 is 0 Å². The molecule has 1 aromatic heterocycles. The first-order valence-electron chi connectivity index (χ1n) is 8.32. The van der Waals surface area contributed by atoms with Gasteiger partial charge in [-0.15, -0.1) is 0 Å². The van der Waals surface area contributed by atoms with E-state index < -0.39 is 0 Å². The molecule has 2 unspecified atom stereocenters. The molecule has 2 fully saturated rings. The lowest BCUT2D eigenvalue weighted by atomic mass is 10.0. The molecule has 0 bridgehead atoms. The lowest BCUT2D eigenvalue weighted by Gasteiger charge is -2.38. The number of hydrogen-bond donors (Lipinski definition) is 1. The Bertz CT molecular complexity index is 449. The first-order chi connectivity index (χ1) is 10.2. The maximum absolute atomic E-state index is 6.46. The molecule has 0 aromatic carbocycles. The highest BCUT2D eigenvalue weighted by atomic mass is 15.3. The quantitative estimate of drug-likeness (QED) is 0.907. The van der Waals surface area contributed by atoms with E-state index in [1.165, 1.54) is 38.5 Å². The number of piperidine rings is 2. The Labute approximate surface area is 127 Å². The summed E-state index contributed by atoms with van der Waals surface area (Å²) in [4.78, 5) is 13.7. The molecular formula is C16H27N5. The Kier molecular flexibility index (Phi) is 4.17. The van der Waals surface area contributed by atoms with Crippen LogP contribution in [0.2, 0.25) is 0 Å². The molecular weight excluding hydrogens is 262 g/mol. The summed E-state index contributed by atoms with van der Waals surface area (Å²) in [5.41, 5.74) is 7.23. The van der Waals surface area contributed by atoms with Crippen molar-refractivity contribution in [3.63, 3.8) is 0 Å². The van der Waals surface area contributed by atoms with Crippen molar-refractivity contribution in [1.82, 2.24) is 9.97 Å². The molecule has 116 valence electrons. The van der Waals surface area contributed by atoms with Crippen molar-refractivity contribution in [1.29, 1.82) is 0 Å². The van der Waals surface area contributed by atoms with Crippen molar-refractivity contribution in [3.05, 3.63) is 6.33 Å². The van der Waals surface area contributed by atoms with Gasteiger partial charge in [0.25, 0.3) is 0 Å². The smallest absolute Gasteiger partial charge is 0.157 e. The van der Waals surface area contributed by atoms with Crippen molar-refractivity contribution in [3.8, 4) is 0 Å². The van der Waals surface area contributed by atoms with E-state index in [9.17, 15) is 0 Å². The van der Waals surface area contributed by atoms with Crippen LogP contribution in [-0.2, 0) is 0 Å².